The van der Waals surface area contributed by atoms with E-state index in [1.807, 2.05) is 24.3 Å². The van der Waals surface area contributed by atoms with Gasteiger partial charge in [-0.1, -0.05) is 34.1 Å². The first-order valence-corrected chi connectivity index (χ1v) is 5.86. The maximum Gasteiger partial charge on any atom is 0.187 e. The van der Waals surface area contributed by atoms with Crippen LogP contribution in [0, 0.1) is 0 Å². The lowest BCUT2D eigenvalue weighted by Gasteiger charge is -2.02. The number of nitrogens with one attached hydrogen (secondary N) is 2. The third-order valence-corrected chi connectivity index (χ3v) is 2.36. The number of thiocarbonyl (C=S) groups is 1. The number of hydrogen-bond acceptors (Lipinski definition) is 2. The highest BCUT2D eigenvalue weighted by molar-refractivity contribution is 9.10. The van der Waals surface area contributed by atoms with Gasteiger partial charge in [0.1, 0.15) is 0 Å². The summed E-state index contributed by atoms with van der Waals surface area (Å²) in [6, 6.07) is 7.82. The fourth-order valence-corrected chi connectivity index (χ4v) is 1.51. The number of hydrogen-bond donors (Lipinski definition) is 2. The minimum Gasteiger partial charge on any atom is -0.358 e. The summed E-state index contributed by atoms with van der Waals surface area (Å²) in [5.41, 5.74) is 3.71. The topological polar surface area (TPSA) is 36.4 Å². The molecular weight excluding hydrogens is 286 g/mol. The van der Waals surface area contributed by atoms with Crippen LogP contribution in [-0.2, 0) is 0 Å². The second-order valence-corrected chi connectivity index (χ2v) is 4.25. The summed E-state index contributed by atoms with van der Waals surface area (Å²) in [4.78, 5) is 0. The van der Waals surface area contributed by atoms with Crippen molar-refractivity contribution in [2.75, 3.05) is 6.54 Å². The summed E-state index contributed by atoms with van der Waals surface area (Å²) in [5, 5.41) is 7.39. The molecule has 1 aromatic carbocycles. The van der Waals surface area contributed by atoms with Gasteiger partial charge in [0, 0.05) is 11.0 Å². The van der Waals surface area contributed by atoms with Crippen LogP contribution in [0.4, 0.5) is 0 Å². The summed E-state index contributed by atoms with van der Waals surface area (Å²) in [5.74, 6) is 0. The summed E-state index contributed by atoms with van der Waals surface area (Å²) < 4.78 is 1.02. The smallest absolute Gasteiger partial charge is 0.187 e. The molecule has 0 aromatic heterocycles. The fourth-order valence-electron chi connectivity index (χ4n) is 0.957. The van der Waals surface area contributed by atoms with Crippen LogP contribution in [0.15, 0.2) is 46.5 Å². The Morgan fingerprint density at radius 3 is 3.06 bits per heavy atom. The molecule has 2 N–H and O–H groups in total. The Morgan fingerprint density at radius 1 is 1.56 bits per heavy atom. The van der Waals surface area contributed by atoms with Gasteiger partial charge in [-0.15, -0.1) is 6.58 Å². The van der Waals surface area contributed by atoms with E-state index in [0.717, 1.165) is 10.0 Å². The normalized spacial score (nSPS) is 10.1. The summed E-state index contributed by atoms with van der Waals surface area (Å²) in [7, 11) is 0. The molecular formula is C11H12BrN3S. The quantitative estimate of drug-likeness (QED) is 0.388. The van der Waals surface area contributed by atoms with Crippen LogP contribution in [-0.4, -0.2) is 17.9 Å². The number of rotatable bonds is 4. The highest BCUT2D eigenvalue weighted by Gasteiger charge is 1.90. The van der Waals surface area contributed by atoms with E-state index in [1.54, 1.807) is 12.3 Å². The van der Waals surface area contributed by atoms with Crippen molar-refractivity contribution < 1.29 is 0 Å². The lowest BCUT2D eigenvalue weighted by molar-refractivity contribution is 0.942. The number of halogens is 1. The van der Waals surface area contributed by atoms with Crippen molar-refractivity contribution in [2.24, 2.45) is 5.10 Å². The first-order valence-electron chi connectivity index (χ1n) is 4.66. The number of nitrogens with zero attached hydrogens (tertiary/aromatic N) is 1. The molecule has 0 bridgehead atoms. The van der Waals surface area contributed by atoms with Crippen LogP contribution in [0.25, 0.3) is 0 Å². The molecule has 1 aromatic rings. The number of benzene rings is 1. The number of hydrazone groups is 1. The van der Waals surface area contributed by atoms with Gasteiger partial charge in [-0.05, 0) is 29.9 Å². The van der Waals surface area contributed by atoms with Crippen molar-refractivity contribution in [3.8, 4) is 0 Å². The third kappa shape index (κ3) is 5.04. The van der Waals surface area contributed by atoms with E-state index < -0.39 is 0 Å². The van der Waals surface area contributed by atoms with Gasteiger partial charge in [0.15, 0.2) is 5.11 Å². The first-order chi connectivity index (χ1) is 7.72. The van der Waals surface area contributed by atoms with Gasteiger partial charge in [-0.2, -0.15) is 5.10 Å². The molecule has 0 saturated heterocycles. The Hall–Kier alpha value is -1.20. The summed E-state index contributed by atoms with van der Waals surface area (Å²) in [6.07, 6.45) is 3.43. The minimum atomic E-state index is 0.478. The van der Waals surface area contributed by atoms with Gasteiger partial charge in [0.2, 0.25) is 0 Å². The second kappa shape index (κ2) is 7.14. The Labute approximate surface area is 109 Å². The molecule has 0 atom stereocenters. The lowest BCUT2D eigenvalue weighted by atomic mass is 10.2. The molecule has 0 heterocycles. The molecule has 0 fully saturated rings. The van der Waals surface area contributed by atoms with E-state index in [0.29, 0.717) is 11.7 Å². The maximum absolute atomic E-state index is 4.97. The Kier molecular flexibility index (Phi) is 5.74. The predicted molar refractivity (Wildman–Crippen MR) is 75.7 cm³/mol. The van der Waals surface area contributed by atoms with Crippen LogP contribution in [0.2, 0.25) is 0 Å². The molecule has 1 rings (SSSR count). The van der Waals surface area contributed by atoms with Crippen molar-refractivity contribution in [1.82, 2.24) is 10.7 Å². The largest absolute Gasteiger partial charge is 0.358 e. The minimum absolute atomic E-state index is 0.478. The highest BCUT2D eigenvalue weighted by Crippen LogP contribution is 2.09. The van der Waals surface area contributed by atoms with Crippen molar-refractivity contribution in [2.45, 2.75) is 0 Å². The average molecular weight is 298 g/mol. The van der Waals surface area contributed by atoms with Gasteiger partial charge in [-0.25, -0.2) is 0 Å². The third-order valence-electron chi connectivity index (χ3n) is 1.64. The van der Waals surface area contributed by atoms with E-state index in [-0.39, 0.29) is 0 Å². The molecule has 3 nitrogen and oxygen atoms in total. The fraction of sp³-hybridized carbons (Fsp3) is 0.0909. The van der Waals surface area contributed by atoms with Crippen LogP contribution in [0.1, 0.15) is 5.56 Å². The van der Waals surface area contributed by atoms with Crippen molar-refractivity contribution in [1.29, 1.82) is 0 Å². The SMILES string of the molecule is C=CCNC(=S)N/N=C\c1cccc(Br)c1. The molecule has 0 spiro atoms. The van der Waals surface area contributed by atoms with Crippen LogP contribution in [0.3, 0.4) is 0 Å². The zero-order chi connectivity index (χ0) is 11.8. The van der Waals surface area contributed by atoms with E-state index >= 15 is 0 Å². The van der Waals surface area contributed by atoms with Crippen molar-refractivity contribution >= 4 is 39.5 Å². The molecule has 0 aliphatic rings. The van der Waals surface area contributed by atoms with Crippen molar-refractivity contribution in [3.05, 3.63) is 47.0 Å². The molecule has 0 saturated carbocycles. The van der Waals surface area contributed by atoms with E-state index in [9.17, 15) is 0 Å². The molecule has 0 radical (unpaired) electrons. The second-order valence-electron chi connectivity index (χ2n) is 2.92. The molecule has 0 amide bonds. The molecule has 5 heteroatoms. The van der Waals surface area contributed by atoms with Crippen LogP contribution < -0.4 is 10.7 Å². The van der Waals surface area contributed by atoms with Crippen LogP contribution >= 0.6 is 28.1 Å². The lowest BCUT2D eigenvalue weighted by Crippen LogP contribution is -2.31. The van der Waals surface area contributed by atoms with Gasteiger partial charge in [0.05, 0.1) is 6.21 Å². The average Bonchev–Trinajstić information content (AvgIpc) is 2.26. The zero-order valence-electron chi connectivity index (χ0n) is 8.61. The molecule has 0 aliphatic carbocycles. The summed E-state index contributed by atoms with van der Waals surface area (Å²) >= 11 is 8.35. The monoisotopic (exact) mass is 297 g/mol. The van der Waals surface area contributed by atoms with Crippen molar-refractivity contribution in [3.63, 3.8) is 0 Å². The van der Waals surface area contributed by atoms with Gasteiger partial charge in [0.25, 0.3) is 0 Å². The molecule has 84 valence electrons. The van der Waals surface area contributed by atoms with Gasteiger partial charge in [-0.3, -0.25) is 5.43 Å². The van der Waals surface area contributed by atoms with Crippen LogP contribution in [0.5, 0.6) is 0 Å². The Balaban J connectivity index is 2.42. The van der Waals surface area contributed by atoms with Gasteiger partial charge >= 0.3 is 0 Å². The zero-order valence-corrected chi connectivity index (χ0v) is 11.0. The maximum atomic E-state index is 4.97. The van der Waals surface area contributed by atoms with Gasteiger partial charge < -0.3 is 5.32 Å². The Morgan fingerprint density at radius 2 is 2.38 bits per heavy atom. The first kappa shape index (κ1) is 12.9. The molecule has 16 heavy (non-hydrogen) atoms. The standard InChI is InChI=1S/C11H12BrN3S/c1-2-6-13-11(16)15-14-8-9-4-3-5-10(12)7-9/h2-5,7-8H,1,6H2,(H2,13,15,16)/b14-8-. The Bertz CT molecular complexity index is 404. The van der Waals surface area contributed by atoms with E-state index in [2.05, 4.69) is 38.4 Å². The molecule has 0 aliphatic heterocycles. The highest BCUT2D eigenvalue weighted by atomic mass is 79.9. The predicted octanol–water partition coefficient (Wildman–Crippen LogP) is 2.43. The molecule has 0 unspecified atom stereocenters. The van der Waals surface area contributed by atoms with E-state index in [4.69, 9.17) is 12.2 Å². The van der Waals surface area contributed by atoms with E-state index in [1.165, 1.54) is 0 Å². The summed E-state index contributed by atoms with van der Waals surface area (Å²) in [6.45, 7) is 4.20.